The third-order valence-electron chi connectivity index (χ3n) is 4.41. The molecule has 7 nitrogen and oxygen atoms in total. The van der Waals surface area contributed by atoms with Crippen molar-refractivity contribution < 1.29 is 19.4 Å². The molecular formula is C22H17Cl2N3O4. The fraction of sp³-hybridized carbons (Fsp3) is 0.136. The van der Waals surface area contributed by atoms with Crippen molar-refractivity contribution in [1.29, 1.82) is 0 Å². The second-order valence-corrected chi connectivity index (χ2v) is 7.43. The third kappa shape index (κ3) is 4.90. The number of fused-ring (bicyclic) bond motifs is 1. The number of carbonyl (C=O) groups is 1. The number of hydrogen-bond acceptors (Lipinski definition) is 5. The Labute approximate surface area is 187 Å². The van der Waals surface area contributed by atoms with Gasteiger partial charge in [-0.05, 0) is 48.5 Å². The van der Waals surface area contributed by atoms with Crippen LogP contribution in [-0.2, 0) is 0 Å². The van der Waals surface area contributed by atoms with Crippen LogP contribution in [0.5, 0.6) is 11.5 Å². The molecule has 1 heterocycles. The molecule has 0 atom stereocenters. The summed E-state index contributed by atoms with van der Waals surface area (Å²) in [5, 5.41) is 18.7. The van der Waals surface area contributed by atoms with E-state index in [0.717, 1.165) is 11.0 Å². The van der Waals surface area contributed by atoms with Gasteiger partial charge in [0.15, 0.2) is 0 Å². The van der Waals surface area contributed by atoms with Crippen molar-refractivity contribution in [2.45, 2.75) is 6.42 Å². The molecule has 0 aliphatic rings. The molecule has 4 aromatic rings. The number of benzene rings is 3. The first-order chi connectivity index (χ1) is 15.0. The second-order valence-electron chi connectivity index (χ2n) is 6.59. The van der Waals surface area contributed by atoms with Crippen LogP contribution in [0, 0.1) is 0 Å². The Morgan fingerprint density at radius 2 is 1.55 bits per heavy atom. The minimum atomic E-state index is -1.04. The molecule has 3 aromatic carbocycles. The van der Waals surface area contributed by atoms with Crippen molar-refractivity contribution in [3.8, 4) is 17.2 Å². The van der Waals surface area contributed by atoms with Crippen molar-refractivity contribution in [3.63, 3.8) is 0 Å². The Morgan fingerprint density at radius 3 is 2.19 bits per heavy atom. The second kappa shape index (κ2) is 9.24. The van der Waals surface area contributed by atoms with E-state index in [4.69, 9.17) is 37.8 Å². The van der Waals surface area contributed by atoms with Crippen LogP contribution >= 0.6 is 23.2 Å². The normalized spacial score (nSPS) is 10.9. The highest BCUT2D eigenvalue weighted by Crippen LogP contribution is 2.28. The zero-order chi connectivity index (χ0) is 21.8. The van der Waals surface area contributed by atoms with Gasteiger partial charge in [-0.1, -0.05) is 35.3 Å². The van der Waals surface area contributed by atoms with Gasteiger partial charge in [-0.15, -0.1) is 15.0 Å². The van der Waals surface area contributed by atoms with E-state index >= 15 is 0 Å². The number of aromatic carboxylic acids is 1. The van der Waals surface area contributed by atoms with Crippen LogP contribution in [0.1, 0.15) is 16.8 Å². The van der Waals surface area contributed by atoms with Crippen LogP contribution in [0.2, 0.25) is 10.0 Å². The van der Waals surface area contributed by atoms with E-state index in [1.54, 1.807) is 18.2 Å². The number of halogens is 2. The van der Waals surface area contributed by atoms with Crippen molar-refractivity contribution in [2.75, 3.05) is 13.2 Å². The molecule has 0 bridgehead atoms. The number of aromatic nitrogens is 3. The summed E-state index contributed by atoms with van der Waals surface area (Å²) < 4.78 is 11.5. The fourth-order valence-electron chi connectivity index (χ4n) is 2.91. The van der Waals surface area contributed by atoms with E-state index in [0.29, 0.717) is 41.8 Å². The van der Waals surface area contributed by atoms with Crippen molar-refractivity contribution in [1.82, 2.24) is 15.0 Å². The summed E-state index contributed by atoms with van der Waals surface area (Å²) in [5.74, 6) is -0.0278. The molecule has 0 saturated carbocycles. The molecule has 1 N–H and O–H groups in total. The lowest BCUT2D eigenvalue weighted by atomic mass is 10.2. The van der Waals surface area contributed by atoms with Gasteiger partial charge < -0.3 is 14.6 Å². The van der Waals surface area contributed by atoms with Crippen LogP contribution in [0.3, 0.4) is 0 Å². The molecule has 0 aliphatic heterocycles. The molecule has 0 spiro atoms. The molecule has 158 valence electrons. The number of rotatable bonds is 8. The SMILES string of the molecule is O=C(O)c1ccc(OCCCOc2ccc(Cl)cc2-n2nc3ccccc3n2)c(Cl)c1. The Morgan fingerprint density at radius 1 is 0.903 bits per heavy atom. The maximum absolute atomic E-state index is 11.0. The van der Waals surface area contributed by atoms with Crippen LogP contribution in [0.15, 0.2) is 60.7 Å². The molecule has 0 fully saturated rings. The highest BCUT2D eigenvalue weighted by Gasteiger charge is 2.12. The number of carboxylic acid groups (broad SMARTS) is 1. The van der Waals surface area contributed by atoms with Gasteiger partial charge in [-0.2, -0.15) is 0 Å². The maximum Gasteiger partial charge on any atom is 0.335 e. The van der Waals surface area contributed by atoms with E-state index in [2.05, 4.69) is 10.2 Å². The van der Waals surface area contributed by atoms with Crippen molar-refractivity contribution in [2.24, 2.45) is 0 Å². The van der Waals surface area contributed by atoms with Gasteiger partial charge in [0.05, 0.1) is 23.8 Å². The quantitative estimate of drug-likeness (QED) is 0.362. The van der Waals surface area contributed by atoms with Crippen LogP contribution in [0.4, 0.5) is 0 Å². The van der Waals surface area contributed by atoms with E-state index in [-0.39, 0.29) is 10.6 Å². The lowest BCUT2D eigenvalue weighted by molar-refractivity contribution is 0.0697. The average Bonchev–Trinajstić information content (AvgIpc) is 3.19. The molecule has 0 aliphatic carbocycles. The van der Waals surface area contributed by atoms with Gasteiger partial charge in [-0.3, -0.25) is 0 Å². The standard InChI is InChI=1S/C22H17Cl2N3O4/c23-15-7-9-21(19(13-15)27-25-17-4-1-2-5-18(17)26-27)31-11-3-10-30-20-8-6-14(22(28)29)12-16(20)24/h1-2,4-9,12-13H,3,10-11H2,(H,28,29). The van der Waals surface area contributed by atoms with Crippen molar-refractivity contribution >= 4 is 40.2 Å². The number of nitrogens with zero attached hydrogens (tertiary/aromatic N) is 3. The van der Waals surface area contributed by atoms with Crippen LogP contribution in [0.25, 0.3) is 16.7 Å². The first kappa shape index (κ1) is 21.0. The molecule has 1 aromatic heterocycles. The Balaban J connectivity index is 1.39. The molecule has 31 heavy (non-hydrogen) atoms. The lowest BCUT2D eigenvalue weighted by Gasteiger charge is -2.12. The summed E-state index contributed by atoms with van der Waals surface area (Å²) in [6, 6.07) is 17.2. The van der Waals surface area contributed by atoms with Gasteiger partial charge in [-0.25, -0.2) is 4.79 Å². The van der Waals surface area contributed by atoms with Gasteiger partial charge in [0.1, 0.15) is 28.2 Å². The van der Waals surface area contributed by atoms with E-state index in [9.17, 15) is 4.79 Å². The summed E-state index contributed by atoms with van der Waals surface area (Å²) in [6.07, 6.45) is 0.577. The first-order valence-corrected chi connectivity index (χ1v) is 10.2. The monoisotopic (exact) mass is 457 g/mol. The lowest BCUT2D eigenvalue weighted by Crippen LogP contribution is -2.08. The summed E-state index contributed by atoms with van der Waals surface area (Å²) in [6.45, 7) is 0.721. The molecular weight excluding hydrogens is 441 g/mol. The Bertz CT molecular complexity index is 1210. The molecule has 0 radical (unpaired) electrons. The molecule has 0 unspecified atom stereocenters. The van der Waals surface area contributed by atoms with Crippen molar-refractivity contribution in [3.05, 3.63) is 76.3 Å². The van der Waals surface area contributed by atoms with Gasteiger partial charge >= 0.3 is 5.97 Å². The highest BCUT2D eigenvalue weighted by molar-refractivity contribution is 6.32. The predicted octanol–water partition coefficient (Wildman–Crippen LogP) is 5.27. The molecule has 0 saturated heterocycles. The molecule has 0 amide bonds. The first-order valence-electron chi connectivity index (χ1n) is 9.42. The predicted molar refractivity (Wildman–Crippen MR) is 118 cm³/mol. The summed E-state index contributed by atoms with van der Waals surface area (Å²) >= 11 is 12.2. The fourth-order valence-corrected chi connectivity index (χ4v) is 3.31. The summed E-state index contributed by atoms with van der Waals surface area (Å²) in [4.78, 5) is 12.5. The minimum Gasteiger partial charge on any atom is -0.492 e. The summed E-state index contributed by atoms with van der Waals surface area (Å²) in [5.41, 5.74) is 2.29. The minimum absolute atomic E-state index is 0.107. The zero-order valence-corrected chi connectivity index (χ0v) is 17.7. The largest absolute Gasteiger partial charge is 0.492 e. The van der Waals surface area contributed by atoms with Gasteiger partial charge in [0.25, 0.3) is 0 Å². The third-order valence-corrected chi connectivity index (χ3v) is 4.94. The van der Waals surface area contributed by atoms with E-state index in [1.165, 1.54) is 23.0 Å². The number of carboxylic acids is 1. The average molecular weight is 458 g/mol. The number of hydrogen-bond donors (Lipinski definition) is 1. The molecule has 9 heteroatoms. The van der Waals surface area contributed by atoms with Gasteiger partial charge in [0.2, 0.25) is 0 Å². The highest BCUT2D eigenvalue weighted by atomic mass is 35.5. The molecule has 4 rings (SSSR count). The van der Waals surface area contributed by atoms with Gasteiger partial charge in [0, 0.05) is 11.4 Å². The van der Waals surface area contributed by atoms with E-state index < -0.39 is 5.97 Å². The Hall–Kier alpha value is -3.29. The topological polar surface area (TPSA) is 86.5 Å². The smallest absolute Gasteiger partial charge is 0.335 e. The van der Waals surface area contributed by atoms with Crippen LogP contribution < -0.4 is 9.47 Å². The van der Waals surface area contributed by atoms with E-state index in [1.807, 2.05) is 24.3 Å². The number of ether oxygens (including phenoxy) is 2. The summed E-state index contributed by atoms with van der Waals surface area (Å²) in [7, 11) is 0. The maximum atomic E-state index is 11.0. The Kier molecular flexibility index (Phi) is 6.25. The van der Waals surface area contributed by atoms with Crippen LogP contribution in [-0.4, -0.2) is 39.3 Å². The zero-order valence-electron chi connectivity index (χ0n) is 16.2.